The van der Waals surface area contributed by atoms with Gasteiger partial charge in [0.25, 0.3) is 10.1 Å². The van der Waals surface area contributed by atoms with Gasteiger partial charge in [-0.2, -0.15) is 8.42 Å². The molecule has 2 rings (SSSR count). The first-order chi connectivity index (χ1) is 9.83. The zero-order valence-electron chi connectivity index (χ0n) is 12.3. The van der Waals surface area contributed by atoms with Gasteiger partial charge < -0.3 is 4.74 Å². The third-order valence-electron chi connectivity index (χ3n) is 3.56. The van der Waals surface area contributed by atoms with Crippen molar-refractivity contribution in [2.45, 2.75) is 30.4 Å². The Morgan fingerprint density at radius 1 is 1.29 bits per heavy atom. The number of aryl methyl sites for hydroxylation is 1. The number of ether oxygens (including phenoxy) is 1. The van der Waals surface area contributed by atoms with E-state index in [1.165, 1.54) is 19.2 Å². The van der Waals surface area contributed by atoms with Gasteiger partial charge in [0.15, 0.2) is 0 Å². The summed E-state index contributed by atoms with van der Waals surface area (Å²) in [6.45, 7) is 2.25. The maximum Gasteiger partial charge on any atom is 0.323 e. The first-order valence-corrected chi connectivity index (χ1v) is 8.02. The predicted molar refractivity (Wildman–Crippen MR) is 76.3 cm³/mol. The van der Waals surface area contributed by atoms with E-state index in [9.17, 15) is 13.2 Å². The van der Waals surface area contributed by atoms with Crippen LogP contribution in [-0.2, 0) is 23.8 Å². The summed E-state index contributed by atoms with van der Waals surface area (Å²) in [6, 6.07) is 6.00. The van der Waals surface area contributed by atoms with Gasteiger partial charge in [-0.05, 0) is 26.1 Å². The summed E-state index contributed by atoms with van der Waals surface area (Å²) in [5.74, 6) is -0.378. The first-order valence-electron chi connectivity index (χ1n) is 6.61. The summed E-state index contributed by atoms with van der Waals surface area (Å²) in [5.41, 5.74) is 0.973. The second kappa shape index (κ2) is 6.13. The van der Waals surface area contributed by atoms with Gasteiger partial charge in [0.05, 0.1) is 18.1 Å². The first kappa shape index (κ1) is 15.9. The number of benzene rings is 1. The van der Waals surface area contributed by atoms with Crippen LogP contribution in [0.3, 0.4) is 0 Å². The Hall–Kier alpha value is -1.44. The van der Waals surface area contributed by atoms with Crippen molar-refractivity contribution in [1.29, 1.82) is 0 Å². The summed E-state index contributed by atoms with van der Waals surface area (Å²) in [6.07, 6.45) is -0.251. The zero-order valence-corrected chi connectivity index (χ0v) is 13.1. The largest absolute Gasteiger partial charge is 0.468 e. The molecule has 1 aromatic carbocycles. The van der Waals surface area contributed by atoms with Gasteiger partial charge in [-0.3, -0.25) is 13.9 Å². The van der Waals surface area contributed by atoms with E-state index in [2.05, 4.69) is 0 Å². The van der Waals surface area contributed by atoms with E-state index in [0.717, 1.165) is 5.56 Å². The second-order valence-corrected chi connectivity index (χ2v) is 6.77. The van der Waals surface area contributed by atoms with Gasteiger partial charge in [-0.15, -0.1) is 0 Å². The van der Waals surface area contributed by atoms with Crippen LogP contribution < -0.4 is 0 Å². The number of hydrogen-bond acceptors (Lipinski definition) is 6. The Balaban J connectivity index is 2.08. The van der Waals surface area contributed by atoms with Crippen LogP contribution in [-0.4, -0.2) is 52.1 Å². The minimum Gasteiger partial charge on any atom is -0.468 e. The summed E-state index contributed by atoms with van der Waals surface area (Å²) in [7, 11) is -0.766. The van der Waals surface area contributed by atoms with Gasteiger partial charge in [-0.25, -0.2) is 0 Å². The highest BCUT2D eigenvalue weighted by molar-refractivity contribution is 7.86. The Kier molecular flexibility index (Phi) is 4.65. The number of likely N-dealkylation sites (tertiary alicyclic amines) is 1. The molecule has 116 valence electrons. The molecule has 1 saturated heterocycles. The van der Waals surface area contributed by atoms with Gasteiger partial charge in [0.1, 0.15) is 6.04 Å². The third-order valence-corrected chi connectivity index (χ3v) is 4.93. The number of methoxy groups -OCH3 is 1. The number of carbonyl (C=O) groups excluding carboxylic acids is 1. The Bertz CT molecular complexity index is 611. The normalized spacial score (nSPS) is 23.2. The zero-order chi connectivity index (χ0) is 15.6. The molecule has 0 bridgehead atoms. The lowest BCUT2D eigenvalue weighted by molar-refractivity contribution is -0.145. The van der Waals surface area contributed by atoms with Gasteiger partial charge in [-0.1, -0.05) is 17.7 Å². The van der Waals surface area contributed by atoms with Gasteiger partial charge in [0, 0.05) is 13.0 Å². The van der Waals surface area contributed by atoms with E-state index in [1.54, 1.807) is 24.1 Å². The molecule has 1 aromatic rings. The molecule has 0 spiro atoms. The van der Waals surface area contributed by atoms with Crippen molar-refractivity contribution in [3.05, 3.63) is 29.8 Å². The molecule has 1 fully saturated rings. The van der Waals surface area contributed by atoms with Crippen LogP contribution in [0.25, 0.3) is 0 Å². The SMILES string of the molecule is COC(=O)C1CC(OS(=O)(=O)c2ccc(C)cc2)CN1C. The maximum atomic E-state index is 12.2. The molecule has 0 radical (unpaired) electrons. The van der Waals surface area contributed by atoms with E-state index < -0.39 is 22.3 Å². The van der Waals surface area contributed by atoms with Crippen LogP contribution in [0.2, 0.25) is 0 Å². The topological polar surface area (TPSA) is 72.9 Å². The molecule has 0 N–H and O–H groups in total. The molecule has 1 heterocycles. The molecule has 2 unspecified atom stereocenters. The highest BCUT2D eigenvalue weighted by Gasteiger charge is 2.38. The van der Waals surface area contributed by atoms with Crippen LogP contribution in [0, 0.1) is 6.92 Å². The highest BCUT2D eigenvalue weighted by Crippen LogP contribution is 2.24. The van der Waals surface area contributed by atoms with Crippen LogP contribution in [0.4, 0.5) is 0 Å². The second-order valence-electron chi connectivity index (χ2n) is 5.20. The van der Waals surface area contributed by atoms with E-state index >= 15 is 0 Å². The van der Waals surface area contributed by atoms with Crippen molar-refractivity contribution in [1.82, 2.24) is 4.90 Å². The van der Waals surface area contributed by atoms with Crippen LogP contribution >= 0.6 is 0 Å². The van der Waals surface area contributed by atoms with Crippen molar-refractivity contribution < 1.29 is 22.1 Å². The summed E-state index contributed by atoms with van der Waals surface area (Å²) in [4.78, 5) is 13.4. The number of nitrogens with zero attached hydrogens (tertiary/aromatic N) is 1. The molecule has 2 atom stereocenters. The van der Waals surface area contributed by atoms with Gasteiger partial charge in [0.2, 0.25) is 0 Å². The molecular weight excluding hydrogens is 294 g/mol. The predicted octanol–water partition coefficient (Wildman–Crippen LogP) is 0.946. The van der Waals surface area contributed by atoms with Crippen LogP contribution in [0.5, 0.6) is 0 Å². The van der Waals surface area contributed by atoms with Crippen molar-refractivity contribution in [3.8, 4) is 0 Å². The monoisotopic (exact) mass is 313 g/mol. The smallest absolute Gasteiger partial charge is 0.323 e. The minimum atomic E-state index is -3.82. The minimum absolute atomic E-state index is 0.122. The van der Waals surface area contributed by atoms with E-state index in [4.69, 9.17) is 8.92 Å². The molecule has 7 heteroatoms. The quantitative estimate of drug-likeness (QED) is 0.608. The Morgan fingerprint density at radius 2 is 1.90 bits per heavy atom. The summed E-state index contributed by atoms with van der Waals surface area (Å²) < 4.78 is 34.3. The average molecular weight is 313 g/mol. The van der Waals surface area contributed by atoms with Crippen molar-refractivity contribution >= 4 is 16.1 Å². The maximum absolute atomic E-state index is 12.2. The Morgan fingerprint density at radius 3 is 2.48 bits per heavy atom. The Labute approximate surface area is 124 Å². The molecule has 0 aromatic heterocycles. The molecular formula is C14H19NO5S. The number of rotatable bonds is 4. The average Bonchev–Trinajstić information content (AvgIpc) is 2.78. The van der Waals surface area contributed by atoms with Crippen LogP contribution in [0.1, 0.15) is 12.0 Å². The molecule has 6 nitrogen and oxygen atoms in total. The molecule has 0 saturated carbocycles. The standard InChI is InChI=1S/C14H19NO5S/c1-10-4-6-12(7-5-10)21(17,18)20-11-8-13(14(16)19-3)15(2)9-11/h4-7,11,13H,8-9H2,1-3H3. The van der Waals surface area contributed by atoms with Crippen molar-refractivity contribution in [2.24, 2.45) is 0 Å². The molecule has 21 heavy (non-hydrogen) atoms. The van der Waals surface area contributed by atoms with E-state index in [0.29, 0.717) is 13.0 Å². The van der Waals surface area contributed by atoms with E-state index in [-0.39, 0.29) is 10.9 Å². The van der Waals surface area contributed by atoms with Crippen molar-refractivity contribution in [2.75, 3.05) is 20.7 Å². The lowest BCUT2D eigenvalue weighted by atomic mass is 10.2. The fraction of sp³-hybridized carbons (Fsp3) is 0.500. The summed E-state index contributed by atoms with van der Waals surface area (Å²) >= 11 is 0. The number of esters is 1. The fourth-order valence-corrected chi connectivity index (χ4v) is 3.45. The third kappa shape index (κ3) is 3.61. The lowest BCUT2D eigenvalue weighted by Crippen LogP contribution is -2.33. The van der Waals surface area contributed by atoms with E-state index in [1.807, 2.05) is 6.92 Å². The molecule has 1 aliphatic rings. The summed E-state index contributed by atoms with van der Waals surface area (Å²) in [5, 5.41) is 0. The number of hydrogen-bond donors (Lipinski definition) is 0. The highest BCUT2D eigenvalue weighted by atomic mass is 32.2. The molecule has 0 amide bonds. The molecule has 1 aliphatic heterocycles. The van der Waals surface area contributed by atoms with Crippen molar-refractivity contribution in [3.63, 3.8) is 0 Å². The van der Waals surface area contributed by atoms with Crippen LogP contribution in [0.15, 0.2) is 29.2 Å². The lowest BCUT2D eigenvalue weighted by Gasteiger charge is -2.15. The van der Waals surface area contributed by atoms with Gasteiger partial charge >= 0.3 is 5.97 Å². The number of carbonyl (C=O) groups is 1. The molecule has 0 aliphatic carbocycles. The number of likely N-dealkylation sites (N-methyl/N-ethyl adjacent to an activating group) is 1. The fourth-order valence-electron chi connectivity index (χ4n) is 2.37.